The van der Waals surface area contributed by atoms with Crippen LogP contribution < -0.4 is 0 Å². The van der Waals surface area contributed by atoms with E-state index in [2.05, 4.69) is 0 Å². The third kappa shape index (κ3) is 6.25. The van der Waals surface area contributed by atoms with Crippen LogP contribution >= 0.6 is 23.2 Å². The van der Waals surface area contributed by atoms with Crippen LogP contribution in [0.25, 0.3) is 0 Å². The number of carbonyl (C=O) groups excluding carboxylic acids is 1. The zero-order valence-corrected chi connectivity index (χ0v) is 5.46. The highest BCUT2D eigenvalue weighted by Crippen LogP contribution is 2.01. The van der Waals surface area contributed by atoms with Crippen molar-refractivity contribution in [3.8, 4) is 0 Å². The molecule has 0 aromatic heterocycles. The van der Waals surface area contributed by atoms with Crippen LogP contribution in [0, 0.1) is 0 Å². The summed E-state index contributed by atoms with van der Waals surface area (Å²) in [5, 5.41) is -0.507. The first kappa shape index (κ1) is 7.25. The smallest absolute Gasteiger partial charge is 0.223 e. The van der Waals surface area contributed by atoms with Crippen molar-refractivity contribution in [3.05, 3.63) is 0 Å². The normalized spacial score (nSPS) is 13.6. The molecule has 0 spiro atoms. The topological polar surface area (TPSA) is 17.1 Å². The lowest BCUT2D eigenvalue weighted by Gasteiger charge is -1.91. The minimum Gasteiger partial charge on any atom is -0.281 e. The summed E-state index contributed by atoms with van der Waals surface area (Å²) in [6.45, 7) is 1.72. The van der Waals surface area contributed by atoms with Crippen molar-refractivity contribution in [1.82, 2.24) is 0 Å². The van der Waals surface area contributed by atoms with Gasteiger partial charge in [0.1, 0.15) is 0 Å². The molecule has 7 heavy (non-hydrogen) atoms. The first-order valence-corrected chi connectivity index (χ1v) is 2.76. The molecule has 0 radical (unpaired) electrons. The maximum absolute atomic E-state index is 9.94. The Bertz CT molecular complexity index is 70.1. The molecule has 0 saturated heterocycles. The molecule has 0 bridgehead atoms. The number of carbonyl (C=O) groups is 1. The van der Waals surface area contributed by atoms with Gasteiger partial charge in [-0.1, -0.05) is 0 Å². The maximum Gasteiger partial charge on any atom is 0.223 e. The predicted molar refractivity (Wildman–Crippen MR) is 30.8 cm³/mol. The average molecular weight is 141 g/mol. The maximum atomic E-state index is 9.94. The van der Waals surface area contributed by atoms with Crippen LogP contribution in [-0.4, -0.2) is 10.6 Å². The fourth-order valence-electron chi connectivity index (χ4n) is 0.221. The van der Waals surface area contributed by atoms with E-state index >= 15 is 0 Å². The van der Waals surface area contributed by atoms with E-state index in [-0.39, 0.29) is 17.0 Å². The molecule has 0 aromatic carbocycles. The lowest BCUT2D eigenvalue weighted by atomic mass is 10.4. The summed E-state index contributed by atoms with van der Waals surface area (Å²) < 4.78 is 0. The monoisotopic (exact) mass is 140 g/mol. The summed E-state index contributed by atoms with van der Waals surface area (Å²) in [6, 6.07) is 0. The van der Waals surface area contributed by atoms with Crippen molar-refractivity contribution in [1.29, 1.82) is 0 Å². The van der Waals surface area contributed by atoms with E-state index in [1.807, 2.05) is 0 Å². The molecular weight excluding hydrogens is 135 g/mol. The number of hydrogen-bond donors (Lipinski definition) is 0. The van der Waals surface area contributed by atoms with Crippen LogP contribution in [0.3, 0.4) is 0 Å². The van der Waals surface area contributed by atoms with Gasteiger partial charge in [-0.05, 0) is 18.5 Å². The molecule has 0 aliphatic carbocycles. The van der Waals surface area contributed by atoms with Crippen LogP contribution in [0.4, 0.5) is 0 Å². The quantitative estimate of drug-likeness (QED) is 0.423. The Balaban J connectivity index is 3.13. The van der Waals surface area contributed by atoms with E-state index < -0.39 is 0 Å². The van der Waals surface area contributed by atoms with Gasteiger partial charge in [0.25, 0.3) is 0 Å². The molecule has 0 unspecified atom stereocenters. The lowest BCUT2D eigenvalue weighted by Crippen LogP contribution is -1.95. The van der Waals surface area contributed by atoms with E-state index in [9.17, 15) is 4.79 Å². The van der Waals surface area contributed by atoms with Crippen molar-refractivity contribution in [2.75, 3.05) is 0 Å². The first-order valence-electron chi connectivity index (χ1n) is 1.95. The Morgan fingerprint density at radius 3 is 2.29 bits per heavy atom. The Labute approximate surface area is 52.6 Å². The van der Waals surface area contributed by atoms with Crippen LogP contribution in [-0.2, 0) is 4.79 Å². The van der Waals surface area contributed by atoms with E-state index in [1.165, 1.54) is 0 Å². The number of hydrogen-bond acceptors (Lipinski definition) is 1. The minimum atomic E-state index is -0.373. The van der Waals surface area contributed by atoms with Gasteiger partial charge in [0.15, 0.2) is 0 Å². The average Bonchev–Trinajstić information content (AvgIpc) is 1.27. The minimum absolute atomic E-state index is 0.134. The molecule has 0 aromatic rings. The standard InChI is InChI=1S/C4H6Cl2O/c1-3(5)2-4(6)7/h3H,2H2,1H3/t3-/m1/s1. The summed E-state index contributed by atoms with van der Waals surface area (Å²) in [5.74, 6) is 0. The summed E-state index contributed by atoms with van der Waals surface area (Å²) in [6.07, 6.45) is 0.253. The second kappa shape index (κ2) is 3.28. The third-order valence-corrected chi connectivity index (χ3v) is 0.750. The van der Waals surface area contributed by atoms with Gasteiger partial charge in [0.2, 0.25) is 5.24 Å². The van der Waals surface area contributed by atoms with Gasteiger partial charge in [0, 0.05) is 11.8 Å². The van der Waals surface area contributed by atoms with Crippen molar-refractivity contribution < 1.29 is 4.79 Å². The van der Waals surface area contributed by atoms with Gasteiger partial charge in [-0.25, -0.2) is 0 Å². The Kier molecular flexibility index (Phi) is 3.39. The molecule has 0 fully saturated rings. The summed E-state index contributed by atoms with van der Waals surface area (Å²) in [5.41, 5.74) is 0. The molecular formula is C4H6Cl2O. The van der Waals surface area contributed by atoms with Crippen LogP contribution in [0.1, 0.15) is 13.3 Å². The van der Waals surface area contributed by atoms with Gasteiger partial charge in [0.05, 0.1) is 0 Å². The van der Waals surface area contributed by atoms with Crippen molar-refractivity contribution in [3.63, 3.8) is 0 Å². The highest BCUT2D eigenvalue weighted by Gasteiger charge is 2.00. The molecule has 1 nitrogen and oxygen atoms in total. The molecule has 0 N–H and O–H groups in total. The number of rotatable bonds is 2. The van der Waals surface area contributed by atoms with Crippen molar-refractivity contribution in [2.24, 2.45) is 0 Å². The number of halogens is 2. The molecule has 42 valence electrons. The van der Waals surface area contributed by atoms with Crippen molar-refractivity contribution in [2.45, 2.75) is 18.7 Å². The highest BCUT2D eigenvalue weighted by atomic mass is 35.5. The second-order valence-electron chi connectivity index (χ2n) is 1.34. The molecule has 0 rings (SSSR count). The van der Waals surface area contributed by atoms with E-state index in [1.54, 1.807) is 6.92 Å². The molecule has 0 heterocycles. The van der Waals surface area contributed by atoms with E-state index in [4.69, 9.17) is 23.2 Å². The van der Waals surface area contributed by atoms with Crippen LogP contribution in [0.2, 0.25) is 0 Å². The molecule has 1 atom stereocenters. The third-order valence-electron chi connectivity index (χ3n) is 0.442. The zero-order chi connectivity index (χ0) is 5.86. The molecule has 0 aliphatic heterocycles. The fourth-order valence-corrected chi connectivity index (χ4v) is 0.672. The van der Waals surface area contributed by atoms with Crippen molar-refractivity contribution >= 4 is 28.4 Å². The molecule has 0 amide bonds. The first-order chi connectivity index (χ1) is 3.13. The van der Waals surface area contributed by atoms with Gasteiger partial charge >= 0.3 is 0 Å². The summed E-state index contributed by atoms with van der Waals surface area (Å²) >= 11 is 10.3. The molecule has 3 heteroatoms. The Hall–Kier alpha value is 0.250. The van der Waals surface area contributed by atoms with Gasteiger partial charge in [-0.3, -0.25) is 4.79 Å². The van der Waals surface area contributed by atoms with Crippen LogP contribution in [0.5, 0.6) is 0 Å². The summed E-state index contributed by atoms with van der Waals surface area (Å²) in [7, 11) is 0. The van der Waals surface area contributed by atoms with Gasteiger partial charge in [-0.2, -0.15) is 0 Å². The molecule has 0 aliphatic rings. The summed E-state index contributed by atoms with van der Waals surface area (Å²) in [4.78, 5) is 9.94. The van der Waals surface area contributed by atoms with Gasteiger partial charge in [-0.15, -0.1) is 11.6 Å². The zero-order valence-electron chi connectivity index (χ0n) is 3.95. The SMILES string of the molecule is C[C@@H](Cl)CC(=O)Cl. The Morgan fingerprint density at radius 1 is 1.86 bits per heavy atom. The fraction of sp³-hybridized carbons (Fsp3) is 0.750. The highest BCUT2D eigenvalue weighted by molar-refractivity contribution is 6.63. The van der Waals surface area contributed by atoms with E-state index in [0.717, 1.165) is 0 Å². The number of alkyl halides is 1. The molecule has 0 saturated carbocycles. The Morgan fingerprint density at radius 2 is 2.29 bits per heavy atom. The van der Waals surface area contributed by atoms with Crippen LogP contribution in [0.15, 0.2) is 0 Å². The van der Waals surface area contributed by atoms with Gasteiger partial charge < -0.3 is 0 Å². The van der Waals surface area contributed by atoms with E-state index in [0.29, 0.717) is 0 Å². The largest absolute Gasteiger partial charge is 0.281 e. The lowest BCUT2D eigenvalue weighted by molar-refractivity contribution is -0.111. The predicted octanol–water partition coefficient (Wildman–Crippen LogP) is 1.77. The second-order valence-corrected chi connectivity index (χ2v) is 2.51.